The summed E-state index contributed by atoms with van der Waals surface area (Å²) in [5.74, 6) is 0.516. The number of amides is 1. The number of hydrogen-bond acceptors (Lipinski definition) is 3. The van der Waals surface area contributed by atoms with Crippen LogP contribution in [0.3, 0.4) is 0 Å². The topological polar surface area (TPSA) is 49.8 Å². The SMILES string of the molecule is COc1cc(Cl)cc(C)c1C1=C(O)CN(C2CC2)C1=O. The number of rotatable bonds is 3. The molecule has 1 aromatic rings. The van der Waals surface area contributed by atoms with Gasteiger partial charge >= 0.3 is 0 Å². The van der Waals surface area contributed by atoms with Crippen LogP contribution in [0.1, 0.15) is 24.0 Å². The van der Waals surface area contributed by atoms with Crippen molar-refractivity contribution in [1.82, 2.24) is 4.90 Å². The minimum Gasteiger partial charge on any atom is -0.510 e. The molecule has 1 fully saturated rings. The Morgan fingerprint density at radius 3 is 2.70 bits per heavy atom. The van der Waals surface area contributed by atoms with E-state index in [2.05, 4.69) is 0 Å². The molecule has 1 aromatic carbocycles. The van der Waals surface area contributed by atoms with Crippen LogP contribution >= 0.6 is 11.6 Å². The van der Waals surface area contributed by atoms with Gasteiger partial charge in [-0.2, -0.15) is 0 Å². The summed E-state index contributed by atoms with van der Waals surface area (Å²) < 4.78 is 5.33. The third-order valence-corrected chi connectivity index (χ3v) is 4.02. The van der Waals surface area contributed by atoms with Gasteiger partial charge in [0.15, 0.2) is 0 Å². The zero-order valence-corrected chi connectivity index (χ0v) is 12.2. The second-order valence-electron chi connectivity index (χ2n) is 5.29. The largest absolute Gasteiger partial charge is 0.510 e. The summed E-state index contributed by atoms with van der Waals surface area (Å²) in [5.41, 5.74) is 1.81. The molecule has 2 aliphatic rings. The average molecular weight is 294 g/mol. The molecule has 1 heterocycles. The Hall–Kier alpha value is -1.68. The Balaban J connectivity index is 2.08. The predicted octanol–water partition coefficient (Wildman–Crippen LogP) is 2.93. The second-order valence-corrected chi connectivity index (χ2v) is 5.72. The molecule has 20 heavy (non-hydrogen) atoms. The van der Waals surface area contributed by atoms with Gasteiger partial charge in [-0.05, 0) is 37.5 Å². The number of hydrogen-bond donors (Lipinski definition) is 1. The van der Waals surface area contributed by atoms with E-state index in [1.54, 1.807) is 17.0 Å². The fourth-order valence-electron chi connectivity index (χ4n) is 2.71. The van der Waals surface area contributed by atoms with Crippen molar-refractivity contribution in [2.45, 2.75) is 25.8 Å². The molecule has 0 radical (unpaired) electrons. The Bertz CT molecular complexity index is 620. The maximum absolute atomic E-state index is 12.5. The number of methoxy groups -OCH3 is 1. The van der Waals surface area contributed by atoms with Crippen molar-refractivity contribution in [3.05, 3.63) is 34.0 Å². The van der Waals surface area contributed by atoms with Crippen LogP contribution in [-0.2, 0) is 4.79 Å². The number of nitrogens with zero attached hydrogens (tertiary/aromatic N) is 1. The highest BCUT2D eigenvalue weighted by Gasteiger charge is 2.41. The molecule has 5 heteroatoms. The number of aryl methyl sites for hydroxylation is 1. The first-order chi connectivity index (χ1) is 9.52. The molecule has 1 amide bonds. The number of aliphatic hydroxyl groups excluding tert-OH is 1. The summed E-state index contributed by atoms with van der Waals surface area (Å²) in [6.07, 6.45) is 2.03. The van der Waals surface area contributed by atoms with Crippen LogP contribution in [-0.4, -0.2) is 35.6 Å². The maximum Gasteiger partial charge on any atom is 0.258 e. The Labute approximate surface area is 122 Å². The smallest absolute Gasteiger partial charge is 0.258 e. The molecule has 0 atom stereocenters. The molecule has 1 N–H and O–H groups in total. The van der Waals surface area contributed by atoms with E-state index in [0.29, 0.717) is 28.5 Å². The normalized spacial score (nSPS) is 18.9. The van der Waals surface area contributed by atoms with E-state index in [9.17, 15) is 9.90 Å². The van der Waals surface area contributed by atoms with E-state index >= 15 is 0 Å². The van der Waals surface area contributed by atoms with Crippen molar-refractivity contribution in [2.75, 3.05) is 13.7 Å². The number of aliphatic hydroxyl groups is 1. The van der Waals surface area contributed by atoms with Crippen LogP contribution in [0.15, 0.2) is 17.9 Å². The molecule has 3 rings (SSSR count). The second kappa shape index (κ2) is 4.70. The number of halogens is 1. The zero-order valence-electron chi connectivity index (χ0n) is 11.4. The van der Waals surface area contributed by atoms with Gasteiger partial charge in [-0.1, -0.05) is 11.6 Å². The first-order valence-corrected chi connectivity index (χ1v) is 6.98. The summed E-state index contributed by atoms with van der Waals surface area (Å²) in [6.45, 7) is 2.15. The molecular weight excluding hydrogens is 278 g/mol. The van der Waals surface area contributed by atoms with Gasteiger partial charge in [-0.25, -0.2) is 0 Å². The average Bonchev–Trinajstić information content (AvgIpc) is 3.18. The van der Waals surface area contributed by atoms with Gasteiger partial charge in [0.1, 0.15) is 11.5 Å². The van der Waals surface area contributed by atoms with Crippen LogP contribution in [0.4, 0.5) is 0 Å². The van der Waals surface area contributed by atoms with E-state index in [0.717, 1.165) is 18.4 Å². The van der Waals surface area contributed by atoms with Crippen LogP contribution < -0.4 is 4.74 Å². The lowest BCUT2D eigenvalue weighted by molar-refractivity contribution is -0.124. The molecule has 0 spiro atoms. The van der Waals surface area contributed by atoms with E-state index < -0.39 is 0 Å². The molecule has 1 saturated carbocycles. The van der Waals surface area contributed by atoms with Crippen molar-refractivity contribution < 1.29 is 14.6 Å². The summed E-state index contributed by atoms with van der Waals surface area (Å²) >= 11 is 6.02. The predicted molar refractivity (Wildman–Crippen MR) is 77.0 cm³/mol. The summed E-state index contributed by atoms with van der Waals surface area (Å²) in [6, 6.07) is 3.71. The molecule has 1 aliphatic heterocycles. The molecule has 106 valence electrons. The highest BCUT2D eigenvalue weighted by atomic mass is 35.5. The highest BCUT2D eigenvalue weighted by Crippen LogP contribution is 2.40. The minimum absolute atomic E-state index is 0.116. The maximum atomic E-state index is 12.5. The van der Waals surface area contributed by atoms with Gasteiger partial charge in [-0.15, -0.1) is 0 Å². The van der Waals surface area contributed by atoms with Gasteiger partial charge in [-0.3, -0.25) is 4.79 Å². The van der Waals surface area contributed by atoms with Crippen molar-refractivity contribution >= 4 is 23.1 Å². The summed E-state index contributed by atoms with van der Waals surface area (Å²) in [4.78, 5) is 14.3. The van der Waals surface area contributed by atoms with Gasteiger partial charge in [0.25, 0.3) is 5.91 Å². The van der Waals surface area contributed by atoms with E-state index in [1.165, 1.54) is 7.11 Å². The lowest BCUT2D eigenvalue weighted by atomic mass is 9.99. The van der Waals surface area contributed by atoms with Crippen molar-refractivity contribution in [3.63, 3.8) is 0 Å². The van der Waals surface area contributed by atoms with E-state index in [-0.39, 0.29) is 17.7 Å². The number of ether oxygens (including phenoxy) is 1. The third-order valence-electron chi connectivity index (χ3n) is 3.81. The molecular formula is C15H16ClNO3. The van der Waals surface area contributed by atoms with Crippen LogP contribution in [0.5, 0.6) is 5.75 Å². The zero-order chi connectivity index (χ0) is 14.4. The van der Waals surface area contributed by atoms with Crippen LogP contribution in [0, 0.1) is 6.92 Å². The summed E-state index contributed by atoms with van der Waals surface area (Å²) in [7, 11) is 1.53. The molecule has 0 aromatic heterocycles. The quantitative estimate of drug-likeness (QED) is 0.932. The van der Waals surface area contributed by atoms with E-state index in [1.807, 2.05) is 6.92 Å². The van der Waals surface area contributed by atoms with Crippen molar-refractivity contribution in [1.29, 1.82) is 0 Å². The lowest BCUT2D eigenvalue weighted by Crippen LogP contribution is -2.29. The fraction of sp³-hybridized carbons (Fsp3) is 0.400. The highest BCUT2D eigenvalue weighted by molar-refractivity contribution is 6.31. The molecule has 0 bridgehead atoms. The number of carbonyl (C=O) groups excluding carboxylic acids is 1. The fourth-order valence-corrected chi connectivity index (χ4v) is 2.97. The van der Waals surface area contributed by atoms with Crippen molar-refractivity contribution in [3.8, 4) is 5.75 Å². The standard InChI is InChI=1S/C15H16ClNO3/c1-8-5-9(16)6-12(20-2)13(8)14-11(18)7-17(15(14)19)10-3-4-10/h5-6,10,18H,3-4,7H2,1-2H3. The third kappa shape index (κ3) is 2.04. The summed E-state index contributed by atoms with van der Waals surface area (Å²) in [5, 5.41) is 10.8. The monoisotopic (exact) mass is 293 g/mol. The van der Waals surface area contributed by atoms with Crippen LogP contribution in [0.25, 0.3) is 5.57 Å². The van der Waals surface area contributed by atoms with Crippen molar-refractivity contribution in [2.24, 2.45) is 0 Å². The van der Waals surface area contributed by atoms with Gasteiger partial charge in [0.05, 0.1) is 19.2 Å². The lowest BCUT2D eigenvalue weighted by Gasteiger charge is -2.16. The van der Waals surface area contributed by atoms with Gasteiger partial charge in [0.2, 0.25) is 0 Å². The minimum atomic E-state index is -0.117. The molecule has 0 saturated heterocycles. The number of benzene rings is 1. The van der Waals surface area contributed by atoms with E-state index in [4.69, 9.17) is 16.3 Å². The molecule has 0 unspecified atom stereocenters. The first-order valence-electron chi connectivity index (χ1n) is 6.60. The Kier molecular flexibility index (Phi) is 3.13. The Morgan fingerprint density at radius 2 is 2.10 bits per heavy atom. The van der Waals surface area contributed by atoms with Gasteiger partial charge < -0.3 is 14.7 Å². The number of carbonyl (C=O) groups is 1. The molecule has 4 nitrogen and oxygen atoms in total. The van der Waals surface area contributed by atoms with Gasteiger partial charge in [0, 0.05) is 16.6 Å². The van der Waals surface area contributed by atoms with Crippen LogP contribution in [0.2, 0.25) is 5.02 Å². The Morgan fingerprint density at radius 1 is 1.40 bits per heavy atom. The first kappa shape index (κ1) is 13.3. The molecule has 1 aliphatic carbocycles.